The lowest BCUT2D eigenvalue weighted by Gasteiger charge is -2.23. The van der Waals surface area contributed by atoms with E-state index < -0.39 is 5.97 Å². The fourth-order valence-electron chi connectivity index (χ4n) is 2.25. The van der Waals surface area contributed by atoms with Crippen LogP contribution in [0.1, 0.15) is 23.2 Å². The summed E-state index contributed by atoms with van der Waals surface area (Å²) in [5, 5.41) is 6.38. The first-order valence-corrected chi connectivity index (χ1v) is 6.53. The number of anilines is 1. The molecule has 1 aromatic carbocycles. The Labute approximate surface area is 112 Å². The SMILES string of the molecule is COC(=O)c1ccc(F)c(NCC2CCNCC2)c1. The second-order valence-corrected chi connectivity index (χ2v) is 4.76. The van der Waals surface area contributed by atoms with Gasteiger partial charge in [-0.3, -0.25) is 0 Å². The highest BCUT2D eigenvalue weighted by Gasteiger charge is 2.14. The van der Waals surface area contributed by atoms with Crippen LogP contribution in [-0.4, -0.2) is 32.7 Å². The Morgan fingerprint density at radius 1 is 1.47 bits per heavy atom. The van der Waals surface area contributed by atoms with Crippen molar-refractivity contribution >= 4 is 11.7 Å². The Morgan fingerprint density at radius 3 is 2.89 bits per heavy atom. The van der Waals surface area contributed by atoms with E-state index in [0.29, 0.717) is 17.2 Å². The summed E-state index contributed by atoms with van der Waals surface area (Å²) in [5.41, 5.74) is 0.721. The Morgan fingerprint density at radius 2 is 2.21 bits per heavy atom. The summed E-state index contributed by atoms with van der Waals surface area (Å²) in [5.74, 6) is -0.256. The molecule has 1 aliphatic rings. The molecule has 0 atom stereocenters. The number of rotatable bonds is 4. The molecule has 1 saturated heterocycles. The van der Waals surface area contributed by atoms with E-state index in [1.807, 2.05) is 0 Å². The Bertz CT molecular complexity index is 445. The van der Waals surface area contributed by atoms with Crippen LogP contribution in [-0.2, 0) is 4.74 Å². The van der Waals surface area contributed by atoms with Crippen molar-refractivity contribution < 1.29 is 13.9 Å². The highest BCUT2D eigenvalue weighted by atomic mass is 19.1. The van der Waals surface area contributed by atoms with Crippen LogP contribution in [0.4, 0.5) is 10.1 Å². The number of esters is 1. The average Bonchev–Trinajstić information content (AvgIpc) is 2.46. The van der Waals surface area contributed by atoms with E-state index in [1.54, 1.807) is 0 Å². The van der Waals surface area contributed by atoms with Gasteiger partial charge in [-0.2, -0.15) is 0 Å². The summed E-state index contributed by atoms with van der Waals surface area (Å²) in [6, 6.07) is 4.22. The molecule has 2 N–H and O–H groups in total. The minimum Gasteiger partial charge on any atom is -0.465 e. The highest BCUT2D eigenvalue weighted by molar-refractivity contribution is 5.90. The van der Waals surface area contributed by atoms with Gasteiger partial charge >= 0.3 is 5.97 Å². The van der Waals surface area contributed by atoms with Gasteiger partial charge in [0.2, 0.25) is 0 Å². The van der Waals surface area contributed by atoms with Gasteiger partial charge in [-0.05, 0) is 50.0 Å². The fraction of sp³-hybridized carbons (Fsp3) is 0.500. The van der Waals surface area contributed by atoms with Crippen LogP contribution >= 0.6 is 0 Å². The number of nitrogens with one attached hydrogen (secondary N) is 2. The normalized spacial score (nSPS) is 16.1. The van der Waals surface area contributed by atoms with Crippen LogP contribution in [0.3, 0.4) is 0 Å². The van der Waals surface area contributed by atoms with E-state index in [-0.39, 0.29) is 5.82 Å². The predicted molar refractivity (Wildman–Crippen MR) is 71.8 cm³/mol. The van der Waals surface area contributed by atoms with E-state index in [4.69, 9.17) is 0 Å². The number of benzene rings is 1. The van der Waals surface area contributed by atoms with Crippen molar-refractivity contribution in [2.24, 2.45) is 5.92 Å². The maximum Gasteiger partial charge on any atom is 0.337 e. The van der Waals surface area contributed by atoms with Crippen LogP contribution in [0, 0.1) is 11.7 Å². The van der Waals surface area contributed by atoms with Gasteiger partial charge in [-0.15, -0.1) is 0 Å². The molecule has 0 bridgehead atoms. The van der Waals surface area contributed by atoms with Gasteiger partial charge in [0, 0.05) is 6.54 Å². The zero-order chi connectivity index (χ0) is 13.7. The fourth-order valence-corrected chi connectivity index (χ4v) is 2.25. The Balaban J connectivity index is 2.00. The lowest BCUT2D eigenvalue weighted by molar-refractivity contribution is 0.0600. The van der Waals surface area contributed by atoms with Crippen molar-refractivity contribution in [1.82, 2.24) is 5.32 Å². The maximum atomic E-state index is 13.7. The van der Waals surface area contributed by atoms with Crippen LogP contribution in [0.5, 0.6) is 0 Å². The van der Waals surface area contributed by atoms with E-state index in [9.17, 15) is 9.18 Å². The number of hydrogen-bond acceptors (Lipinski definition) is 4. The molecule has 19 heavy (non-hydrogen) atoms. The van der Waals surface area contributed by atoms with Crippen molar-refractivity contribution in [2.75, 3.05) is 32.1 Å². The smallest absolute Gasteiger partial charge is 0.337 e. The van der Waals surface area contributed by atoms with Crippen molar-refractivity contribution in [3.8, 4) is 0 Å². The van der Waals surface area contributed by atoms with Gasteiger partial charge in [0.1, 0.15) is 5.82 Å². The van der Waals surface area contributed by atoms with E-state index in [0.717, 1.165) is 32.5 Å². The second kappa shape index (κ2) is 6.52. The molecule has 2 rings (SSSR count). The molecule has 1 aromatic rings. The summed E-state index contributed by atoms with van der Waals surface area (Å²) >= 11 is 0. The number of methoxy groups -OCH3 is 1. The molecule has 0 radical (unpaired) electrons. The van der Waals surface area contributed by atoms with Gasteiger partial charge < -0.3 is 15.4 Å². The third-order valence-electron chi connectivity index (χ3n) is 3.43. The van der Waals surface area contributed by atoms with Crippen LogP contribution in [0.2, 0.25) is 0 Å². The first-order chi connectivity index (χ1) is 9.20. The molecule has 0 saturated carbocycles. The summed E-state index contributed by atoms with van der Waals surface area (Å²) in [4.78, 5) is 11.4. The summed E-state index contributed by atoms with van der Waals surface area (Å²) in [7, 11) is 1.31. The number of halogens is 1. The minimum atomic E-state index is -0.454. The molecule has 1 heterocycles. The Hall–Kier alpha value is -1.62. The van der Waals surface area contributed by atoms with Crippen LogP contribution in [0.15, 0.2) is 18.2 Å². The zero-order valence-electron chi connectivity index (χ0n) is 11.0. The van der Waals surface area contributed by atoms with Crippen molar-refractivity contribution in [1.29, 1.82) is 0 Å². The molecule has 0 aromatic heterocycles. The van der Waals surface area contributed by atoms with Crippen LogP contribution < -0.4 is 10.6 Å². The van der Waals surface area contributed by atoms with Gasteiger partial charge in [0.15, 0.2) is 0 Å². The zero-order valence-corrected chi connectivity index (χ0v) is 11.0. The van der Waals surface area contributed by atoms with Crippen molar-refractivity contribution in [2.45, 2.75) is 12.8 Å². The highest BCUT2D eigenvalue weighted by Crippen LogP contribution is 2.19. The summed E-state index contributed by atoms with van der Waals surface area (Å²) in [6.07, 6.45) is 2.18. The second-order valence-electron chi connectivity index (χ2n) is 4.76. The molecule has 0 amide bonds. The summed E-state index contributed by atoms with van der Waals surface area (Å²) in [6.45, 7) is 2.75. The quantitative estimate of drug-likeness (QED) is 0.819. The molecule has 0 unspecified atom stereocenters. The van der Waals surface area contributed by atoms with Crippen molar-refractivity contribution in [3.05, 3.63) is 29.6 Å². The molecule has 1 fully saturated rings. The average molecular weight is 266 g/mol. The van der Waals surface area contributed by atoms with E-state index in [1.165, 1.54) is 25.3 Å². The number of carbonyl (C=O) groups is 1. The molecule has 5 heteroatoms. The maximum absolute atomic E-state index is 13.7. The lowest BCUT2D eigenvalue weighted by Crippen LogP contribution is -2.31. The summed E-state index contributed by atoms with van der Waals surface area (Å²) < 4.78 is 18.3. The third-order valence-corrected chi connectivity index (χ3v) is 3.43. The number of ether oxygens (including phenoxy) is 1. The molecule has 0 aliphatic carbocycles. The first kappa shape index (κ1) is 13.8. The topological polar surface area (TPSA) is 50.4 Å². The molecule has 1 aliphatic heterocycles. The monoisotopic (exact) mass is 266 g/mol. The number of carbonyl (C=O) groups excluding carboxylic acids is 1. The lowest BCUT2D eigenvalue weighted by atomic mass is 9.98. The molecular weight excluding hydrogens is 247 g/mol. The Kier molecular flexibility index (Phi) is 4.74. The molecule has 0 spiro atoms. The number of piperidine rings is 1. The van der Waals surface area contributed by atoms with Gasteiger partial charge in [-0.25, -0.2) is 9.18 Å². The van der Waals surface area contributed by atoms with Crippen LogP contribution in [0.25, 0.3) is 0 Å². The molecule has 104 valence electrons. The van der Waals surface area contributed by atoms with Gasteiger partial charge in [0.25, 0.3) is 0 Å². The third kappa shape index (κ3) is 3.67. The molecule has 4 nitrogen and oxygen atoms in total. The van der Waals surface area contributed by atoms with Gasteiger partial charge in [-0.1, -0.05) is 0 Å². The largest absolute Gasteiger partial charge is 0.465 e. The molecular formula is C14H19FN2O2. The number of hydrogen-bond donors (Lipinski definition) is 2. The van der Waals surface area contributed by atoms with Gasteiger partial charge in [0.05, 0.1) is 18.4 Å². The van der Waals surface area contributed by atoms with E-state index >= 15 is 0 Å². The first-order valence-electron chi connectivity index (χ1n) is 6.53. The van der Waals surface area contributed by atoms with E-state index in [2.05, 4.69) is 15.4 Å². The standard InChI is InChI=1S/C14H19FN2O2/c1-19-14(18)11-2-3-12(15)13(8-11)17-9-10-4-6-16-7-5-10/h2-3,8,10,16-17H,4-7,9H2,1H3. The van der Waals surface area contributed by atoms with Crippen molar-refractivity contribution in [3.63, 3.8) is 0 Å². The predicted octanol–water partition coefficient (Wildman–Crippen LogP) is 2.02. The minimum absolute atomic E-state index is 0.346.